The van der Waals surface area contributed by atoms with E-state index in [1.165, 1.54) is 0 Å². The Morgan fingerprint density at radius 2 is 2.44 bits per heavy atom. The molecule has 0 radical (unpaired) electrons. The maximum Gasteiger partial charge on any atom is 0.248 e. The fraction of sp³-hybridized carbons (Fsp3) is 0.500. The quantitative estimate of drug-likeness (QED) is 0.816. The van der Waals surface area contributed by atoms with Crippen molar-refractivity contribution in [3.63, 3.8) is 0 Å². The predicted molar refractivity (Wildman–Crippen MR) is 95.1 cm³/mol. The number of fused-ring (bicyclic) bond motifs is 2. The number of nitrogens with zero attached hydrogens (tertiary/aromatic N) is 4. The van der Waals surface area contributed by atoms with Crippen LogP contribution in [0.3, 0.4) is 0 Å². The molecule has 0 spiro atoms. The lowest BCUT2D eigenvalue weighted by Crippen LogP contribution is -2.37. The zero-order valence-corrected chi connectivity index (χ0v) is 14.4. The highest BCUT2D eigenvalue weighted by molar-refractivity contribution is 5.87. The van der Waals surface area contributed by atoms with Gasteiger partial charge in [-0.25, -0.2) is 9.97 Å². The van der Waals surface area contributed by atoms with Crippen molar-refractivity contribution in [3.05, 3.63) is 31.2 Å². The number of H-pyrrole nitrogens is 1. The molecule has 2 aromatic rings. The molecule has 7 heteroatoms. The number of aliphatic hydroxyl groups is 1. The molecular formula is C18H23N5O2. The monoisotopic (exact) mass is 341 g/mol. The van der Waals surface area contributed by atoms with Crippen molar-refractivity contribution in [3.8, 4) is 0 Å². The first-order chi connectivity index (χ1) is 12.1. The highest BCUT2D eigenvalue weighted by Crippen LogP contribution is 2.51. The van der Waals surface area contributed by atoms with Gasteiger partial charge >= 0.3 is 0 Å². The van der Waals surface area contributed by atoms with Crippen molar-refractivity contribution in [2.24, 2.45) is 11.3 Å². The van der Waals surface area contributed by atoms with Crippen LogP contribution >= 0.6 is 0 Å². The minimum absolute atomic E-state index is 0.0753. The number of aromatic amines is 1. The van der Waals surface area contributed by atoms with Crippen LogP contribution < -0.4 is 4.90 Å². The van der Waals surface area contributed by atoms with Gasteiger partial charge in [0.15, 0.2) is 0 Å². The molecule has 3 unspecified atom stereocenters. The molecule has 1 amide bonds. The Morgan fingerprint density at radius 3 is 3.16 bits per heavy atom. The number of amides is 1. The summed E-state index contributed by atoms with van der Waals surface area (Å²) in [7, 11) is 2.08. The van der Waals surface area contributed by atoms with E-state index in [2.05, 4.69) is 33.5 Å². The van der Waals surface area contributed by atoms with Crippen molar-refractivity contribution in [1.29, 1.82) is 0 Å². The first-order valence-corrected chi connectivity index (χ1v) is 8.61. The summed E-state index contributed by atoms with van der Waals surface area (Å²) in [4.78, 5) is 27.8. The number of nitrogens with one attached hydrogen (secondary N) is 1. The molecule has 0 bridgehead atoms. The van der Waals surface area contributed by atoms with Gasteiger partial charge in [-0.2, -0.15) is 0 Å². The first-order valence-electron chi connectivity index (χ1n) is 8.61. The van der Waals surface area contributed by atoms with Crippen LogP contribution in [0.4, 0.5) is 5.82 Å². The molecule has 1 aliphatic carbocycles. The van der Waals surface area contributed by atoms with Gasteiger partial charge < -0.3 is 19.9 Å². The number of aromatic nitrogens is 3. The summed E-state index contributed by atoms with van der Waals surface area (Å²) in [6.45, 7) is 4.97. The SMILES string of the molecule is C=CC12CC(N(C)c3ncnc4[nH]ccc34)CC1CN(C(=O)CO)C2. The van der Waals surface area contributed by atoms with Gasteiger partial charge in [0.2, 0.25) is 5.91 Å². The van der Waals surface area contributed by atoms with Crippen molar-refractivity contribution in [1.82, 2.24) is 19.9 Å². The molecule has 132 valence electrons. The van der Waals surface area contributed by atoms with Crippen LogP contribution in [-0.4, -0.2) is 63.7 Å². The van der Waals surface area contributed by atoms with Crippen LogP contribution in [0.2, 0.25) is 0 Å². The highest BCUT2D eigenvalue weighted by Gasteiger charge is 2.53. The van der Waals surface area contributed by atoms with Gasteiger partial charge in [-0.15, -0.1) is 6.58 Å². The zero-order chi connectivity index (χ0) is 17.6. The van der Waals surface area contributed by atoms with Crippen molar-refractivity contribution >= 4 is 22.8 Å². The maximum absolute atomic E-state index is 11.9. The number of anilines is 1. The summed E-state index contributed by atoms with van der Waals surface area (Å²) in [6, 6.07) is 2.34. The average Bonchev–Trinajstić information content (AvgIpc) is 3.31. The highest BCUT2D eigenvalue weighted by atomic mass is 16.3. The first kappa shape index (κ1) is 16.1. The lowest BCUT2D eigenvalue weighted by Gasteiger charge is -2.30. The van der Waals surface area contributed by atoms with E-state index in [0.717, 1.165) is 29.7 Å². The number of hydrogen-bond acceptors (Lipinski definition) is 5. The summed E-state index contributed by atoms with van der Waals surface area (Å²) in [5.41, 5.74) is 0.766. The molecule has 4 rings (SSSR count). The Hall–Kier alpha value is -2.41. The minimum atomic E-state index is -0.421. The molecule has 2 aromatic heterocycles. The lowest BCUT2D eigenvalue weighted by atomic mass is 9.81. The number of likely N-dealkylation sites (tertiary alicyclic amines) is 1. The molecule has 7 nitrogen and oxygen atoms in total. The van der Waals surface area contributed by atoms with Gasteiger partial charge in [0, 0.05) is 37.8 Å². The van der Waals surface area contributed by atoms with Gasteiger partial charge in [0.1, 0.15) is 24.4 Å². The van der Waals surface area contributed by atoms with E-state index in [4.69, 9.17) is 5.11 Å². The smallest absolute Gasteiger partial charge is 0.248 e. The van der Waals surface area contributed by atoms with E-state index < -0.39 is 6.61 Å². The third-order valence-electron chi connectivity index (χ3n) is 6.02. The maximum atomic E-state index is 11.9. The number of carbonyl (C=O) groups is 1. The molecule has 3 atom stereocenters. The van der Waals surface area contributed by atoms with E-state index in [0.29, 0.717) is 25.0 Å². The Kier molecular flexibility index (Phi) is 3.76. The molecule has 1 aliphatic heterocycles. The van der Waals surface area contributed by atoms with Gasteiger partial charge in [0.25, 0.3) is 0 Å². The van der Waals surface area contributed by atoms with Crippen molar-refractivity contribution in [2.75, 3.05) is 31.6 Å². The summed E-state index contributed by atoms with van der Waals surface area (Å²) in [5, 5.41) is 10.2. The van der Waals surface area contributed by atoms with Crippen molar-refractivity contribution in [2.45, 2.75) is 18.9 Å². The largest absolute Gasteiger partial charge is 0.387 e. The van der Waals surface area contributed by atoms with Crippen LogP contribution in [0.5, 0.6) is 0 Å². The van der Waals surface area contributed by atoms with Crippen LogP contribution in [0.15, 0.2) is 31.2 Å². The number of aliphatic hydroxyl groups excluding tert-OH is 1. The van der Waals surface area contributed by atoms with Crippen LogP contribution in [-0.2, 0) is 4.79 Å². The standard InChI is InChI=1S/C18H23N5O2/c1-3-18-7-13(6-12(18)8-23(10-18)15(25)9-24)22(2)17-14-4-5-19-16(14)20-11-21-17/h3-5,11-13,24H,1,6-10H2,2H3,(H,19,20,21). The van der Waals surface area contributed by atoms with E-state index in [1.807, 2.05) is 18.3 Å². The van der Waals surface area contributed by atoms with Gasteiger partial charge in [-0.1, -0.05) is 6.08 Å². The Bertz CT molecular complexity index is 819. The molecule has 0 aromatic carbocycles. The second-order valence-electron chi connectivity index (χ2n) is 7.21. The molecule has 1 saturated carbocycles. The van der Waals surface area contributed by atoms with Crippen LogP contribution in [0.25, 0.3) is 11.0 Å². The van der Waals surface area contributed by atoms with Gasteiger partial charge in [0.05, 0.1) is 5.39 Å². The molecule has 1 saturated heterocycles. The van der Waals surface area contributed by atoms with E-state index >= 15 is 0 Å². The molecule has 3 heterocycles. The van der Waals surface area contributed by atoms with Crippen LogP contribution in [0.1, 0.15) is 12.8 Å². The Balaban J connectivity index is 1.58. The molecule has 2 N–H and O–H groups in total. The fourth-order valence-electron chi connectivity index (χ4n) is 4.60. The number of rotatable bonds is 4. The molecular weight excluding hydrogens is 318 g/mol. The zero-order valence-electron chi connectivity index (χ0n) is 14.4. The van der Waals surface area contributed by atoms with E-state index in [-0.39, 0.29) is 11.3 Å². The summed E-state index contributed by atoms with van der Waals surface area (Å²) >= 11 is 0. The van der Waals surface area contributed by atoms with E-state index in [9.17, 15) is 4.79 Å². The number of hydrogen-bond donors (Lipinski definition) is 2. The second-order valence-corrected chi connectivity index (χ2v) is 7.21. The molecule has 25 heavy (non-hydrogen) atoms. The van der Waals surface area contributed by atoms with E-state index in [1.54, 1.807) is 11.2 Å². The lowest BCUT2D eigenvalue weighted by molar-refractivity contribution is -0.133. The summed E-state index contributed by atoms with van der Waals surface area (Å²) in [5.74, 6) is 1.11. The fourth-order valence-corrected chi connectivity index (χ4v) is 4.60. The van der Waals surface area contributed by atoms with Crippen molar-refractivity contribution < 1.29 is 9.90 Å². The predicted octanol–water partition coefficient (Wildman–Crippen LogP) is 1.18. The molecule has 2 aliphatic rings. The third kappa shape index (κ3) is 2.41. The second kappa shape index (κ2) is 5.84. The third-order valence-corrected chi connectivity index (χ3v) is 6.02. The Labute approximate surface area is 146 Å². The summed E-state index contributed by atoms with van der Waals surface area (Å²) < 4.78 is 0. The molecule has 2 fully saturated rings. The average molecular weight is 341 g/mol. The van der Waals surface area contributed by atoms with Gasteiger partial charge in [-0.3, -0.25) is 4.79 Å². The summed E-state index contributed by atoms with van der Waals surface area (Å²) in [6.07, 6.45) is 7.40. The number of carbonyl (C=O) groups excluding carboxylic acids is 1. The Morgan fingerprint density at radius 1 is 1.60 bits per heavy atom. The normalized spacial score (nSPS) is 28.3. The topological polar surface area (TPSA) is 85.4 Å². The van der Waals surface area contributed by atoms with Gasteiger partial charge in [-0.05, 0) is 24.8 Å². The van der Waals surface area contributed by atoms with Crippen LogP contribution in [0, 0.1) is 11.3 Å². The minimum Gasteiger partial charge on any atom is -0.387 e.